The molecular weight excluding hydrogens is 262 g/mol. The van der Waals surface area contributed by atoms with Crippen LogP contribution in [0.5, 0.6) is 0 Å². The summed E-state index contributed by atoms with van der Waals surface area (Å²) in [6, 6.07) is 0.568. The van der Waals surface area contributed by atoms with Crippen molar-refractivity contribution in [1.29, 1.82) is 0 Å². The summed E-state index contributed by atoms with van der Waals surface area (Å²) in [7, 11) is 2.16. The molecule has 1 aromatic rings. The Bertz CT molecular complexity index is 412. The largest absolute Gasteiger partial charge is 0.367 e. The normalized spacial score (nSPS) is 19.6. The number of likely N-dealkylation sites (tertiary alicyclic amines) is 1. The molecule has 106 valence electrons. The van der Waals surface area contributed by atoms with Crippen molar-refractivity contribution in [3.8, 4) is 0 Å². The molecule has 0 saturated carbocycles. The van der Waals surface area contributed by atoms with E-state index in [0.29, 0.717) is 17.0 Å². The molecule has 1 aliphatic rings. The highest BCUT2D eigenvalue weighted by molar-refractivity contribution is 6.32. The quantitative estimate of drug-likeness (QED) is 0.840. The van der Waals surface area contributed by atoms with Crippen molar-refractivity contribution in [2.75, 3.05) is 37.3 Å². The van der Waals surface area contributed by atoms with Gasteiger partial charge in [-0.25, -0.2) is 4.98 Å². The monoisotopic (exact) mass is 283 g/mol. The van der Waals surface area contributed by atoms with Crippen LogP contribution in [0, 0.1) is 0 Å². The van der Waals surface area contributed by atoms with Crippen molar-refractivity contribution in [1.82, 2.24) is 14.9 Å². The van der Waals surface area contributed by atoms with E-state index in [1.54, 1.807) is 6.20 Å². The molecule has 1 atom stereocenters. The van der Waals surface area contributed by atoms with Gasteiger partial charge in [0, 0.05) is 19.1 Å². The summed E-state index contributed by atoms with van der Waals surface area (Å²) in [5, 5.41) is 7.08. The molecule has 1 fully saturated rings. The molecule has 0 aliphatic carbocycles. The van der Waals surface area contributed by atoms with Crippen LogP contribution in [0.4, 0.5) is 11.8 Å². The van der Waals surface area contributed by atoms with Crippen LogP contribution in [-0.2, 0) is 0 Å². The van der Waals surface area contributed by atoms with Gasteiger partial charge in [-0.2, -0.15) is 4.98 Å². The first-order valence-corrected chi connectivity index (χ1v) is 7.29. The smallest absolute Gasteiger partial charge is 0.224 e. The van der Waals surface area contributed by atoms with Gasteiger partial charge in [0.1, 0.15) is 5.02 Å². The van der Waals surface area contributed by atoms with Crippen molar-refractivity contribution in [3.05, 3.63) is 11.2 Å². The van der Waals surface area contributed by atoms with Crippen LogP contribution in [-0.4, -0.2) is 47.6 Å². The third-order valence-electron chi connectivity index (χ3n) is 3.45. The summed E-state index contributed by atoms with van der Waals surface area (Å²) in [6.45, 7) is 5.03. The minimum absolute atomic E-state index is 0.568. The van der Waals surface area contributed by atoms with Crippen LogP contribution < -0.4 is 10.6 Å². The second-order valence-electron chi connectivity index (χ2n) is 4.97. The van der Waals surface area contributed by atoms with Gasteiger partial charge in [0.2, 0.25) is 5.95 Å². The maximum atomic E-state index is 6.12. The van der Waals surface area contributed by atoms with Crippen molar-refractivity contribution < 1.29 is 0 Å². The molecule has 0 aromatic carbocycles. The highest BCUT2D eigenvalue weighted by atomic mass is 35.5. The minimum atomic E-state index is 0.568. The Morgan fingerprint density at radius 2 is 2.32 bits per heavy atom. The summed E-state index contributed by atoms with van der Waals surface area (Å²) in [6.07, 6.45) is 5.19. The zero-order valence-corrected chi connectivity index (χ0v) is 12.4. The van der Waals surface area contributed by atoms with Crippen molar-refractivity contribution >= 4 is 23.4 Å². The number of likely N-dealkylation sites (N-methyl/N-ethyl adjacent to an activating group) is 1. The number of anilines is 2. The highest BCUT2D eigenvalue weighted by Crippen LogP contribution is 2.21. The van der Waals surface area contributed by atoms with E-state index in [0.717, 1.165) is 25.3 Å². The number of aromatic nitrogens is 2. The average molecular weight is 284 g/mol. The van der Waals surface area contributed by atoms with Gasteiger partial charge in [0.15, 0.2) is 5.82 Å². The van der Waals surface area contributed by atoms with Gasteiger partial charge in [0.25, 0.3) is 0 Å². The van der Waals surface area contributed by atoms with Crippen LogP contribution in [0.15, 0.2) is 6.20 Å². The Balaban J connectivity index is 1.94. The van der Waals surface area contributed by atoms with Gasteiger partial charge in [-0.05, 0) is 32.9 Å². The standard InChI is InChI=1S/C13H22ClN5/c1-3-6-15-13-17-9-11(14)12(18-13)16-8-10-5-4-7-19(10)2/h9-10H,3-8H2,1-2H3,(H2,15,16,17,18). The van der Waals surface area contributed by atoms with E-state index in [4.69, 9.17) is 11.6 Å². The van der Waals surface area contributed by atoms with Gasteiger partial charge < -0.3 is 15.5 Å². The Hall–Kier alpha value is -1.07. The fourth-order valence-corrected chi connectivity index (χ4v) is 2.42. The van der Waals surface area contributed by atoms with Gasteiger partial charge >= 0.3 is 0 Å². The summed E-state index contributed by atoms with van der Waals surface area (Å²) in [4.78, 5) is 11.0. The minimum Gasteiger partial charge on any atom is -0.367 e. The molecule has 1 aliphatic heterocycles. The molecule has 2 heterocycles. The van der Waals surface area contributed by atoms with E-state index >= 15 is 0 Å². The van der Waals surface area contributed by atoms with Crippen LogP contribution >= 0.6 is 11.6 Å². The predicted octanol–water partition coefficient (Wildman–Crippen LogP) is 2.46. The summed E-state index contributed by atoms with van der Waals surface area (Å²) < 4.78 is 0. The van der Waals surface area contributed by atoms with E-state index in [1.807, 2.05) is 0 Å². The van der Waals surface area contributed by atoms with E-state index in [1.165, 1.54) is 19.4 Å². The molecule has 0 bridgehead atoms. The SMILES string of the molecule is CCCNc1ncc(Cl)c(NCC2CCCN2C)n1. The maximum absolute atomic E-state index is 6.12. The molecular formula is C13H22ClN5. The number of nitrogens with one attached hydrogen (secondary N) is 2. The van der Waals surface area contributed by atoms with Crippen molar-refractivity contribution in [2.24, 2.45) is 0 Å². The molecule has 0 spiro atoms. The van der Waals surface area contributed by atoms with E-state index in [2.05, 4.69) is 39.5 Å². The number of halogens is 1. The predicted molar refractivity (Wildman–Crippen MR) is 80.0 cm³/mol. The first kappa shape index (κ1) is 14.3. The average Bonchev–Trinajstić information content (AvgIpc) is 2.82. The molecule has 1 aromatic heterocycles. The first-order chi connectivity index (χ1) is 9.20. The Kier molecular flexibility index (Phi) is 5.22. The van der Waals surface area contributed by atoms with Crippen LogP contribution in [0.1, 0.15) is 26.2 Å². The molecule has 2 rings (SSSR count). The number of rotatable bonds is 6. The third-order valence-corrected chi connectivity index (χ3v) is 3.73. The lowest BCUT2D eigenvalue weighted by molar-refractivity contribution is 0.322. The van der Waals surface area contributed by atoms with Gasteiger partial charge in [-0.3, -0.25) is 0 Å². The first-order valence-electron chi connectivity index (χ1n) is 6.91. The summed E-state index contributed by atoms with van der Waals surface area (Å²) >= 11 is 6.12. The molecule has 1 saturated heterocycles. The molecule has 6 heteroatoms. The number of hydrogen-bond donors (Lipinski definition) is 2. The fourth-order valence-electron chi connectivity index (χ4n) is 2.26. The fraction of sp³-hybridized carbons (Fsp3) is 0.692. The Morgan fingerprint density at radius 3 is 3.00 bits per heavy atom. The van der Waals surface area contributed by atoms with Gasteiger partial charge in [-0.1, -0.05) is 18.5 Å². The van der Waals surface area contributed by atoms with Gasteiger partial charge in [-0.15, -0.1) is 0 Å². The molecule has 19 heavy (non-hydrogen) atoms. The third kappa shape index (κ3) is 3.94. The van der Waals surface area contributed by atoms with E-state index in [9.17, 15) is 0 Å². The van der Waals surface area contributed by atoms with Gasteiger partial charge in [0.05, 0.1) is 6.20 Å². The van der Waals surface area contributed by atoms with Crippen LogP contribution in [0.3, 0.4) is 0 Å². The zero-order chi connectivity index (χ0) is 13.7. The van der Waals surface area contributed by atoms with E-state index < -0.39 is 0 Å². The van der Waals surface area contributed by atoms with Crippen molar-refractivity contribution in [3.63, 3.8) is 0 Å². The topological polar surface area (TPSA) is 53.1 Å². The lowest BCUT2D eigenvalue weighted by Gasteiger charge is -2.20. The lowest BCUT2D eigenvalue weighted by Crippen LogP contribution is -2.31. The highest BCUT2D eigenvalue weighted by Gasteiger charge is 2.20. The second-order valence-corrected chi connectivity index (χ2v) is 5.38. The lowest BCUT2D eigenvalue weighted by atomic mass is 10.2. The molecule has 0 amide bonds. The summed E-state index contributed by atoms with van der Waals surface area (Å²) in [5.74, 6) is 1.35. The second kappa shape index (κ2) is 6.91. The van der Waals surface area contributed by atoms with Crippen LogP contribution in [0.25, 0.3) is 0 Å². The Labute approximate surface area is 119 Å². The maximum Gasteiger partial charge on any atom is 0.224 e. The van der Waals surface area contributed by atoms with Crippen LogP contribution in [0.2, 0.25) is 5.02 Å². The molecule has 0 radical (unpaired) electrons. The number of hydrogen-bond acceptors (Lipinski definition) is 5. The molecule has 2 N–H and O–H groups in total. The Morgan fingerprint density at radius 1 is 1.47 bits per heavy atom. The number of nitrogens with zero attached hydrogens (tertiary/aromatic N) is 3. The molecule has 1 unspecified atom stereocenters. The zero-order valence-electron chi connectivity index (χ0n) is 11.6. The molecule has 5 nitrogen and oxygen atoms in total. The van der Waals surface area contributed by atoms with Crippen molar-refractivity contribution in [2.45, 2.75) is 32.2 Å². The van der Waals surface area contributed by atoms with E-state index in [-0.39, 0.29) is 0 Å². The summed E-state index contributed by atoms with van der Waals surface area (Å²) in [5.41, 5.74) is 0.